The Labute approximate surface area is 150 Å². The molecule has 0 aliphatic heterocycles. The number of anilines is 1. The van der Waals surface area contributed by atoms with Crippen LogP contribution in [-0.4, -0.2) is 16.6 Å². The monoisotopic (exact) mass is 345 g/mol. The number of benzene rings is 2. The molecule has 130 valence electrons. The summed E-state index contributed by atoms with van der Waals surface area (Å²) in [6, 6.07) is 17.4. The third kappa shape index (κ3) is 3.11. The molecule has 26 heavy (non-hydrogen) atoms. The molecular weight excluding hydrogens is 326 g/mol. The summed E-state index contributed by atoms with van der Waals surface area (Å²) >= 11 is 0. The van der Waals surface area contributed by atoms with E-state index in [1.807, 2.05) is 61.5 Å². The van der Waals surface area contributed by atoms with Gasteiger partial charge in [-0.1, -0.05) is 6.07 Å². The Morgan fingerprint density at radius 3 is 2.92 bits per heavy atom. The summed E-state index contributed by atoms with van der Waals surface area (Å²) < 4.78 is 5.55. The first-order valence-corrected chi connectivity index (χ1v) is 8.61. The Morgan fingerprint density at radius 2 is 2.04 bits per heavy atom. The maximum Gasteiger partial charge on any atom is 0.253 e. The predicted octanol–water partition coefficient (Wildman–Crippen LogP) is 4.09. The quantitative estimate of drug-likeness (QED) is 0.572. The summed E-state index contributed by atoms with van der Waals surface area (Å²) in [6.45, 7) is 2.99. The van der Waals surface area contributed by atoms with Crippen LogP contribution in [0.15, 0.2) is 65.6 Å². The lowest BCUT2D eigenvalue weighted by Crippen LogP contribution is -2.15. The fourth-order valence-electron chi connectivity index (χ4n) is 3.07. The number of hydrogen-bond acceptors (Lipinski definition) is 4. The fourth-order valence-corrected chi connectivity index (χ4v) is 3.07. The molecule has 0 amide bonds. The maximum atomic E-state index is 12.4. The normalized spacial score (nSPS) is 11.0. The maximum absolute atomic E-state index is 12.4. The van der Waals surface area contributed by atoms with Crippen LogP contribution in [0.5, 0.6) is 5.75 Å². The minimum Gasteiger partial charge on any atom is -0.494 e. The van der Waals surface area contributed by atoms with E-state index in [0.29, 0.717) is 18.7 Å². The van der Waals surface area contributed by atoms with Crippen LogP contribution in [0.25, 0.3) is 21.8 Å². The number of rotatable bonds is 5. The molecule has 2 N–H and O–H groups in total. The Bertz CT molecular complexity index is 1130. The van der Waals surface area contributed by atoms with Gasteiger partial charge in [-0.2, -0.15) is 0 Å². The SMILES string of the molecule is CCOc1ccc2[nH]c(=O)c(CNc3cccc4ncccc34)cc2c1. The molecule has 2 aromatic heterocycles. The van der Waals surface area contributed by atoms with Crippen molar-refractivity contribution in [2.24, 2.45) is 0 Å². The van der Waals surface area contributed by atoms with E-state index in [9.17, 15) is 4.79 Å². The molecule has 0 aliphatic rings. The molecular formula is C21H19N3O2. The largest absolute Gasteiger partial charge is 0.494 e. The Kier molecular flexibility index (Phi) is 4.27. The zero-order valence-corrected chi connectivity index (χ0v) is 14.5. The molecule has 0 radical (unpaired) electrons. The molecule has 5 heteroatoms. The van der Waals surface area contributed by atoms with Crippen molar-refractivity contribution < 1.29 is 4.74 Å². The van der Waals surface area contributed by atoms with Gasteiger partial charge in [-0.05, 0) is 55.5 Å². The Morgan fingerprint density at radius 1 is 1.12 bits per heavy atom. The standard InChI is InChI=1S/C21H19N3O2/c1-2-26-16-8-9-18-14(12-16)11-15(21(25)24-18)13-23-20-7-3-6-19-17(20)5-4-10-22-19/h3-12,23H,2,13H2,1H3,(H,24,25). The summed E-state index contributed by atoms with van der Waals surface area (Å²) in [6.07, 6.45) is 1.77. The first-order valence-electron chi connectivity index (χ1n) is 8.61. The first-order chi connectivity index (χ1) is 12.7. The molecule has 0 aliphatic carbocycles. The van der Waals surface area contributed by atoms with Crippen LogP contribution in [0.3, 0.4) is 0 Å². The lowest BCUT2D eigenvalue weighted by molar-refractivity contribution is 0.340. The lowest BCUT2D eigenvalue weighted by Gasteiger charge is -2.10. The third-order valence-corrected chi connectivity index (χ3v) is 4.32. The van der Waals surface area contributed by atoms with Crippen molar-refractivity contribution >= 4 is 27.5 Å². The predicted molar refractivity (Wildman–Crippen MR) is 105 cm³/mol. The van der Waals surface area contributed by atoms with Crippen molar-refractivity contribution in [1.82, 2.24) is 9.97 Å². The average molecular weight is 345 g/mol. The molecule has 0 spiro atoms. The van der Waals surface area contributed by atoms with Crippen molar-refractivity contribution in [3.8, 4) is 5.75 Å². The van der Waals surface area contributed by atoms with E-state index in [1.54, 1.807) is 6.20 Å². The van der Waals surface area contributed by atoms with Crippen molar-refractivity contribution in [3.63, 3.8) is 0 Å². The zero-order valence-electron chi connectivity index (χ0n) is 14.5. The Balaban J connectivity index is 1.65. The van der Waals surface area contributed by atoms with Crippen LogP contribution in [0, 0.1) is 0 Å². The van der Waals surface area contributed by atoms with Gasteiger partial charge in [0.25, 0.3) is 5.56 Å². The summed E-state index contributed by atoms with van der Waals surface area (Å²) in [7, 11) is 0. The van der Waals surface area contributed by atoms with Crippen LogP contribution < -0.4 is 15.6 Å². The molecule has 0 bridgehead atoms. The second-order valence-corrected chi connectivity index (χ2v) is 6.03. The Hall–Kier alpha value is -3.34. The molecule has 0 unspecified atom stereocenters. The van der Waals surface area contributed by atoms with Crippen LogP contribution >= 0.6 is 0 Å². The van der Waals surface area contributed by atoms with Crippen LogP contribution in [0.1, 0.15) is 12.5 Å². The van der Waals surface area contributed by atoms with Gasteiger partial charge in [0.1, 0.15) is 5.75 Å². The van der Waals surface area contributed by atoms with E-state index in [1.165, 1.54) is 0 Å². The van der Waals surface area contributed by atoms with E-state index in [-0.39, 0.29) is 5.56 Å². The van der Waals surface area contributed by atoms with Gasteiger partial charge in [-0.3, -0.25) is 9.78 Å². The fraction of sp³-hybridized carbons (Fsp3) is 0.143. The number of fused-ring (bicyclic) bond motifs is 2. The van der Waals surface area contributed by atoms with Crippen molar-refractivity contribution in [3.05, 3.63) is 76.7 Å². The van der Waals surface area contributed by atoms with Gasteiger partial charge in [-0.25, -0.2) is 0 Å². The molecule has 4 rings (SSSR count). The van der Waals surface area contributed by atoms with Gasteiger partial charge in [0, 0.05) is 40.3 Å². The van der Waals surface area contributed by atoms with Gasteiger partial charge >= 0.3 is 0 Å². The summed E-state index contributed by atoms with van der Waals surface area (Å²) in [5.74, 6) is 0.797. The van der Waals surface area contributed by atoms with Gasteiger partial charge in [0.2, 0.25) is 0 Å². The van der Waals surface area contributed by atoms with Crippen molar-refractivity contribution in [2.45, 2.75) is 13.5 Å². The van der Waals surface area contributed by atoms with E-state index < -0.39 is 0 Å². The van der Waals surface area contributed by atoms with Crippen molar-refractivity contribution in [2.75, 3.05) is 11.9 Å². The van der Waals surface area contributed by atoms with Gasteiger partial charge in [0.05, 0.1) is 12.1 Å². The summed E-state index contributed by atoms with van der Waals surface area (Å²) in [5, 5.41) is 5.34. The van der Waals surface area contributed by atoms with E-state index >= 15 is 0 Å². The summed E-state index contributed by atoms with van der Waals surface area (Å²) in [5.41, 5.74) is 3.26. The third-order valence-electron chi connectivity index (χ3n) is 4.32. The topological polar surface area (TPSA) is 67.0 Å². The second kappa shape index (κ2) is 6.88. The van der Waals surface area contributed by atoms with Gasteiger partial charge in [-0.15, -0.1) is 0 Å². The number of hydrogen-bond donors (Lipinski definition) is 2. The highest BCUT2D eigenvalue weighted by Crippen LogP contribution is 2.23. The smallest absolute Gasteiger partial charge is 0.253 e. The van der Waals surface area contributed by atoms with E-state index in [4.69, 9.17) is 4.74 Å². The number of aromatic amines is 1. The molecule has 0 atom stereocenters. The number of H-pyrrole nitrogens is 1. The highest BCUT2D eigenvalue weighted by atomic mass is 16.5. The van der Waals surface area contributed by atoms with Crippen LogP contribution in [-0.2, 0) is 6.54 Å². The van der Waals surface area contributed by atoms with E-state index in [2.05, 4.69) is 15.3 Å². The first kappa shape index (κ1) is 16.1. The highest BCUT2D eigenvalue weighted by Gasteiger charge is 2.06. The summed E-state index contributed by atoms with van der Waals surface area (Å²) in [4.78, 5) is 19.7. The van der Waals surface area contributed by atoms with Crippen LogP contribution in [0.4, 0.5) is 5.69 Å². The molecule has 0 saturated carbocycles. The molecule has 2 aromatic carbocycles. The molecule has 2 heterocycles. The number of nitrogens with one attached hydrogen (secondary N) is 2. The minimum absolute atomic E-state index is 0.0903. The number of aromatic nitrogens is 2. The second-order valence-electron chi connectivity index (χ2n) is 6.03. The number of pyridine rings is 2. The van der Waals surface area contributed by atoms with Gasteiger partial charge < -0.3 is 15.0 Å². The average Bonchev–Trinajstić information content (AvgIpc) is 2.67. The molecule has 4 aromatic rings. The minimum atomic E-state index is -0.0903. The molecule has 0 saturated heterocycles. The molecule has 0 fully saturated rings. The number of ether oxygens (including phenoxy) is 1. The molecule has 5 nitrogen and oxygen atoms in total. The van der Waals surface area contributed by atoms with E-state index in [0.717, 1.165) is 33.2 Å². The highest BCUT2D eigenvalue weighted by molar-refractivity contribution is 5.91. The van der Waals surface area contributed by atoms with Crippen LogP contribution in [0.2, 0.25) is 0 Å². The lowest BCUT2D eigenvalue weighted by atomic mass is 10.1. The van der Waals surface area contributed by atoms with Crippen molar-refractivity contribution in [1.29, 1.82) is 0 Å². The number of nitrogens with zero attached hydrogens (tertiary/aromatic N) is 1. The zero-order chi connectivity index (χ0) is 17.9. The van der Waals surface area contributed by atoms with Gasteiger partial charge in [0.15, 0.2) is 0 Å².